The van der Waals surface area contributed by atoms with E-state index < -0.39 is 0 Å². The Morgan fingerprint density at radius 2 is 1.85 bits per heavy atom. The molecule has 0 aliphatic heterocycles. The number of benzene rings is 2. The van der Waals surface area contributed by atoms with Crippen LogP contribution in [0.15, 0.2) is 65.3 Å². The van der Waals surface area contributed by atoms with E-state index in [1.54, 1.807) is 11.8 Å². The lowest BCUT2D eigenvalue weighted by atomic mass is 9.95. The number of hydrogen-bond donors (Lipinski definition) is 1. The summed E-state index contributed by atoms with van der Waals surface area (Å²) in [5, 5.41) is 7.60. The molecule has 0 spiro atoms. The standard InChI is InChI=1S/C21H20BrN3O2/c1-27-19-8-6-18(7-9-19)25-13-10-17(24-25)14-23-20(26)21(11-12-21)15-2-4-16(22)5-3-15/h2-10,13H,11-12,14H2,1H3,(H,23,26). The zero-order valence-corrected chi connectivity index (χ0v) is 16.6. The highest BCUT2D eigenvalue weighted by molar-refractivity contribution is 9.10. The smallest absolute Gasteiger partial charge is 0.230 e. The van der Waals surface area contributed by atoms with Gasteiger partial charge >= 0.3 is 0 Å². The first-order valence-corrected chi connectivity index (χ1v) is 9.63. The van der Waals surface area contributed by atoms with Gasteiger partial charge in [0.05, 0.1) is 30.5 Å². The van der Waals surface area contributed by atoms with E-state index in [2.05, 4.69) is 26.3 Å². The molecule has 27 heavy (non-hydrogen) atoms. The number of methoxy groups -OCH3 is 1. The number of ether oxygens (including phenoxy) is 1. The molecule has 0 bridgehead atoms. The van der Waals surface area contributed by atoms with Gasteiger partial charge in [-0.25, -0.2) is 4.68 Å². The highest BCUT2D eigenvalue weighted by Crippen LogP contribution is 2.48. The van der Waals surface area contributed by atoms with Gasteiger partial charge in [-0.15, -0.1) is 0 Å². The number of carbonyl (C=O) groups excluding carboxylic acids is 1. The van der Waals surface area contributed by atoms with Crippen molar-refractivity contribution in [3.05, 3.63) is 76.5 Å². The molecule has 1 aliphatic rings. The minimum atomic E-state index is -0.376. The van der Waals surface area contributed by atoms with Gasteiger partial charge in [-0.1, -0.05) is 28.1 Å². The van der Waals surface area contributed by atoms with E-state index in [9.17, 15) is 4.79 Å². The van der Waals surface area contributed by atoms with Crippen LogP contribution in [0.4, 0.5) is 0 Å². The second-order valence-electron chi connectivity index (χ2n) is 6.72. The minimum Gasteiger partial charge on any atom is -0.497 e. The largest absolute Gasteiger partial charge is 0.497 e. The van der Waals surface area contributed by atoms with E-state index in [1.807, 2.05) is 60.8 Å². The Kier molecular flexibility index (Phi) is 4.74. The fourth-order valence-corrected chi connectivity index (χ4v) is 3.48. The van der Waals surface area contributed by atoms with Crippen molar-refractivity contribution in [3.63, 3.8) is 0 Å². The molecule has 0 saturated heterocycles. The van der Waals surface area contributed by atoms with Crippen LogP contribution in [0.2, 0.25) is 0 Å². The summed E-state index contributed by atoms with van der Waals surface area (Å²) in [4.78, 5) is 12.8. The Hall–Kier alpha value is -2.60. The summed E-state index contributed by atoms with van der Waals surface area (Å²) in [6.45, 7) is 0.417. The summed E-state index contributed by atoms with van der Waals surface area (Å²) < 4.78 is 7.99. The molecule has 6 heteroatoms. The fraction of sp³-hybridized carbons (Fsp3) is 0.238. The van der Waals surface area contributed by atoms with E-state index in [1.165, 1.54) is 0 Å². The molecule has 1 saturated carbocycles. The van der Waals surface area contributed by atoms with E-state index in [0.29, 0.717) is 6.54 Å². The predicted molar refractivity (Wildman–Crippen MR) is 107 cm³/mol. The first-order chi connectivity index (χ1) is 13.1. The van der Waals surface area contributed by atoms with Crippen molar-refractivity contribution in [1.82, 2.24) is 15.1 Å². The van der Waals surface area contributed by atoms with Crippen LogP contribution in [0.1, 0.15) is 24.1 Å². The van der Waals surface area contributed by atoms with Crippen LogP contribution in [0.3, 0.4) is 0 Å². The maximum atomic E-state index is 12.8. The van der Waals surface area contributed by atoms with Gasteiger partial charge in [-0.3, -0.25) is 4.79 Å². The van der Waals surface area contributed by atoms with Crippen molar-refractivity contribution in [1.29, 1.82) is 0 Å². The van der Waals surface area contributed by atoms with Gasteiger partial charge in [0.2, 0.25) is 5.91 Å². The molecule has 0 unspecified atom stereocenters. The third-order valence-electron chi connectivity index (χ3n) is 4.99. The molecule has 1 aliphatic carbocycles. The highest BCUT2D eigenvalue weighted by atomic mass is 79.9. The quantitative estimate of drug-likeness (QED) is 0.649. The number of nitrogens with zero attached hydrogens (tertiary/aromatic N) is 2. The Balaban J connectivity index is 1.41. The molecule has 3 aromatic rings. The summed E-state index contributed by atoms with van der Waals surface area (Å²) in [6.07, 6.45) is 3.67. The van der Waals surface area contributed by atoms with E-state index in [4.69, 9.17) is 4.74 Å². The average molecular weight is 426 g/mol. The van der Waals surface area contributed by atoms with Gasteiger partial charge in [-0.05, 0) is 60.9 Å². The Bertz CT molecular complexity index is 944. The topological polar surface area (TPSA) is 56.1 Å². The number of aromatic nitrogens is 2. The van der Waals surface area contributed by atoms with Crippen LogP contribution in [0, 0.1) is 0 Å². The van der Waals surface area contributed by atoms with Crippen molar-refractivity contribution in [2.24, 2.45) is 0 Å². The summed E-state index contributed by atoms with van der Waals surface area (Å²) in [7, 11) is 1.64. The van der Waals surface area contributed by atoms with Gasteiger partial charge in [0.15, 0.2) is 0 Å². The monoisotopic (exact) mass is 425 g/mol. The maximum absolute atomic E-state index is 12.8. The molecule has 1 aromatic heterocycles. The Labute approximate surface area is 166 Å². The van der Waals surface area contributed by atoms with Gasteiger partial charge in [0.25, 0.3) is 0 Å². The molecule has 2 aromatic carbocycles. The molecule has 1 heterocycles. The molecule has 1 amide bonds. The second kappa shape index (κ2) is 7.19. The van der Waals surface area contributed by atoms with Crippen LogP contribution in [0.25, 0.3) is 5.69 Å². The predicted octanol–water partition coefficient (Wildman–Crippen LogP) is 3.99. The summed E-state index contributed by atoms with van der Waals surface area (Å²) in [5.41, 5.74) is 2.47. The molecule has 1 N–H and O–H groups in total. The SMILES string of the molecule is COc1ccc(-n2ccc(CNC(=O)C3(c4ccc(Br)cc4)CC3)n2)cc1. The number of halogens is 1. The van der Waals surface area contributed by atoms with Crippen molar-refractivity contribution >= 4 is 21.8 Å². The van der Waals surface area contributed by atoms with Gasteiger partial charge in [-0.2, -0.15) is 5.10 Å². The van der Waals surface area contributed by atoms with Gasteiger partial charge in [0.1, 0.15) is 5.75 Å². The highest BCUT2D eigenvalue weighted by Gasteiger charge is 2.51. The van der Waals surface area contributed by atoms with E-state index in [0.717, 1.165) is 40.0 Å². The van der Waals surface area contributed by atoms with Gasteiger partial charge in [0, 0.05) is 10.7 Å². The summed E-state index contributed by atoms with van der Waals surface area (Å²) in [5.74, 6) is 0.880. The van der Waals surface area contributed by atoms with Crippen molar-refractivity contribution in [3.8, 4) is 11.4 Å². The Morgan fingerprint density at radius 3 is 2.48 bits per heavy atom. The molecule has 4 rings (SSSR count). The minimum absolute atomic E-state index is 0.0730. The molecule has 5 nitrogen and oxygen atoms in total. The fourth-order valence-electron chi connectivity index (χ4n) is 3.22. The zero-order chi connectivity index (χ0) is 18.9. The second-order valence-corrected chi connectivity index (χ2v) is 7.64. The lowest BCUT2D eigenvalue weighted by Gasteiger charge is -2.15. The van der Waals surface area contributed by atoms with Crippen LogP contribution in [0.5, 0.6) is 5.75 Å². The first-order valence-electron chi connectivity index (χ1n) is 8.84. The number of hydrogen-bond acceptors (Lipinski definition) is 3. The molecule has 138 valence electrons. The molecule has 1 fully saturated rings. The third-order valence-corrected chi connectivity index (χ3v) is 5.52. The van der Waals surface area contributed by atoms with Crippen molar-refractivity contribution in [2.45, 2.75) is 24.8 Å². The number of amides is 1. The van der Waals surface area contributed by atoms with Crippen molar-refractivity contribution in [2.75, 3.05) is 7.11 Å². The third kappa shape index (κ3) is 3.62. The molecular weight excluding hydrogens is 406 g/mol. The lowest BCUT2D eigenvalue weighted by molar-refractivity contribution is -0.123. The zero-order valence-electron chi connectivity index (χ0n) is 15.0. The number of carbonyl (C=O) groups is 1. The first kappa shape index (κ1) is 17.8. The van der Waals surface area contributed by atoms with Gasteiger partial charge < -0.3 is 10.1 Å². The number of rotatable bonds is 6. The van der Waals surface area contributed by atoms with Crippen LogP contribution >= 0.6 is 15.9 Å². The van der Waals surface area contributed by atoms with E-state index in [-0.39, 0.29) is 11.3 Å². The van der Waals surface area contributed by atoms with Crippen molar-refractivity contribution < 1.29 is 9.53 Å². The normalized spacial score (nSPS) is 14.6. The van der Waals surface area contributed by atoms with E-state index >= 15 is 0 Å². The summed E-state index contributed by atoms with van der Waals surface area (Å²) in [6, 6.07) is 17.6. The lowest BCUT2D eigenvalue weighted by Crippen LogP contribution is -2.34. The average Bonchev–Trinajstić information content (AvgIpc) is 3.38. The number of nitrogens with one attached hydrogen (secondary N) is 1. The Morgan fingerprint density at radius 1 is 1.15 bits per heavy atom. The molecular formula is C21H20BrN3O2. The summed E-state index contributed by atoms with van der Waals surface area (Å²) >= 11 is 3.44. The van der Waals surface area contributed by atoms with Crippen LogP contribution in [-0.4, -0.2) is 22.8 Å². The van der Waals surface area contributed by atoms with Crippen LogP contribution in [-0.2, 0) is 16.8 Å². The molecule has 0 radical (unpaired) electrons. The molecule has 0 atom stereocenters. The van der Waals surface area contributed by atoms with Crippen LogP contribution < -0.4 is 10.1 Å². The maximum Gasteiger partial charge on any atom is 0.230 e.